The summed E-state index contributed by atoms with van der Waals surface area (Å²) in [5.41, 5.74) is 5.43. The first-order valence-corrected chi connectivity index (χ1v) is 9.37. The molecule has 162 valence electrons. The minimum atomic E-state index is -1.56. The van der Waals surface area contributed by atoms with Gasteiger partial charge >= 0.3 is 5.97 Å². The highest BCUT2D eigenvalue weighted by molar-refractivity contribution is 7.80. The smallest absolute Gasteiger partial charge is 0.328 e. The summed E-state index contributed by atoms with van der Waals surface area (Å²) >= 11 is 3.99. The molecular weight excluding hydrogens is 392 g/mol. The fraction of sp³-hybridized carbons (Fsp3) is 0.750. The van der Waals surface area contributed by atoms with E-state index in [9.17, 15) is 24.3 Å². The van der Waals surface area contributed by atoms with Crippen molar-refractivity contribution in [2.24, 2.45) is 11.7 Å². The number of amides is 3. The fourth-order valence-electron chi connectivity index (χ4n) is 2.17. The number of carbonyl (C=O) groups is 4. The van der Waals surface area contributed by atoms with Crippen LogP contribution in [0.2, 0.25) is 0 Å². The maximum absolute atomic E-state index is 12.5. The van der Waals surface area contributed by atoms with Crippen molar-refractivity contribution in [3.63, 3.8) is 0 Å². The van der Waals surface area contributed by atoms with Crippen molar-refractivity contribution in [2.45, 2.75) is 57.5 Å². The van der Waals surface area contributed by atoms with Crippen molar-refractivity contribution in [3.8, 4) is 0 Å². The van der Waals surface area contributed by atoms with Gasteiger partial charge in [0, 0.05) is 5.75 Å². The number of nitrogens with one attached hydrogen (secondary N) is 3. The zero-order valence-electron chi connectivity index (χ0n) is 16.1. The molecule has 0 heterocycles. The van der Waals surface area contributed by atoms with Gasteiger partial charge in [0.15, 0.2) is 6.04 Å². The van der Waals surface area contributed by atoms with Gasteiger partial charge in [0.1, 0.15) is 18.1 Å². The van der Waals surface area contributed by atoms with E-state index in [4.69, 9.17) is 15.9 Å². The molecular formula is C16H30N4O7S. The maximum atomic E-state index is 12.5. The first kappa shape index (κ1) is 26.1. The van der Waals surface area contributed by atoms with Gasteiger partial charge in [-0.05, 0) is 19.3 Å². The van der Waals surface area contributed by atoms with Gasteiger partial charge < -0.3 is 37.0 Å². The minimum Gasteiger partial charge on any atom is -0.480 e. The largest absolute Gasteiger partial charge is 0.480 e. The zero-order valence-corrected chi connectivity index (χ0v) is 17.0. The third kappa shape index (κ3) is 8.87. The highest BCUT2D eigenvalue weighted by atomic mass is 32.1. The Kier molecular flexibility index (Phi) is 11.7. The number of carboxylic acid groups (broad SMARTS) is 1. The SMILES string of the molecule is CC(C)CC(NC(=O)C(N)CO)C(=O)NC(CS)C(=O)NC(C(=O)O)C(C)O. The number of carbonyl (C=O) groups excluding carboxylic acids is 3. The third-order valence-electron chi connectivity index (χ3n) is 3.74. The minimum absolute atomic E-state index is 0.0105. The van der Waals surface area contributed by atoms with Gasteiger partial charge in [-0.1, -0.05) is 13.8 Å². The van der Waals surface area contributed by atoms with Crippen LogP contribution in [-0.4, -0.2) is 81.6 Å². The van der Waals surface area contributed by atoms with E-state index in [0.29, 0.717) is 0 Å². The summed E-state index contributed by atoms with van der Waals surface area (Å²) in [5.74, 6) is -3.84. The lowest BCUT2D eigenvalue weighted by molar-refractivity contribution is -0.145. The molecule has 0 rings (SSSR count). The molecule has 3 amide bonds. The highest BCUT2D eigenvalue weighted by Gasteiger charge is 2.31. The van der Waals surface area contributed by atoms with E-state index in [1.807, 2.05) is 13.8 Å². The molecule has 8 N–H and O–H groups in total. The van der Waals surface area contributed by atoms with Crippen molar-refractivity contribution in [2.75, 3.05) is 12.4 Å². The molecule has 0 aromatic heterocycles. The number of aliphatic hydroxyl groups is 2. The molecule has 0 saturated carbocycles. The van der Waals surface area contributed by atoms with E-state index >= 15 is 0 Å². The topological polar surface area (TPSA) is 191 Å². The Balaban J connectivity index is 5.19. The maximum Gasteiger partial charge on any atom is 0.328 e. The number of hydrogen-bond donors (Lipinski definition) is 8. The zero-order chi connectivity index (χ0) is 22.0. The molecule has 0 aliphatic rings. The standard InChI is InChI=1S/C16H30N4O7S/c1-7(2)4-10(18-13(23)9(17)5-21)14(24)19-11(6-28)15(25)20-12(8(3)22)16(26)27/h7-12,21-22,28H,4-6,17H2,1-3H3,(H,18,23)(H,19,24)(H,20,25)(H,26,27). The Morgan fingerprint density at radius 1 is 0.964 bits per heavy atom. The molecule has 5 atom stereocenters. The van der Waals surface area contributed by atoms with Gasteiger partial charge in [-0.25, -0.2) is 4.79 Å². The molecule has 0 fully saturated rings. The molecule has 0 radical (unpaired) electrons. The van der Waals surface area contributed by atoms with Gasteiger partial charge in [0.25, 0.3) is 0 Å². The van der Waals surface area contributed by atoms with Crippen LogP contribution < -0.4 is 21.7 Å². The Labute approximate surface area is 168 Å². The fourth-order valence-corrected chi connectivity index (χ4v) is 2.43. The molecule has 0 aliphatic heterocycles. The van der Waals surface area contributed by atoms with Gasteiger partial charge in [-0.3, -0.25) is 14.4 Å². The number of rotatable bonds is 12. The van der Waals surface area contributed by atoms with Crippen molar-refractivity contribution >= 4 is 36.3 Å². The summed E-state index contributed by atoms with van der Waals surface area (Å²) in [6, 6.07) is -4.98. The average molecular weight is 423 g/mol. The summed E-state index contributed by atoms with van der Waals surface area (Å²) < 4.78 is 0. The van der Waals surface area contributed by atoms with E-state index in [1.54, 1.807) is 0 Å². The molecule has 0 aromatic carbocycles. The molecule has 0 aromatic rings. The predicted octanol–water partition coefficient (Wildman–Crippen LogP) is -2.80. The van der Waals surface area contributed by atoms with Crippen LogP contribution in [0, 0.1) is 5.92 Å². The summed E-state index contributed by atoms with van der Waals surface area (Å²) in [5, 5.41) is 34.4. The van der Waals surface area contributed by atoms with E-state index < -0.39 is 60.6 Å². The second-order valence-corrected chi connectivity index (χ2v) is 7.15. The summed E-state index contributed by atoms with van der Waals surface area (Å²) in [4.78, 5) is 47.8. The predicted molar refractivity (Wildman–Crippen MR) is 103 cm³/mol. The third-order valence-corrected chi connectivity index (χ3v) is 4.10. The van der Waals surface area contributed by atoms with E-state index in [0.717, 1.165) is 0 Å². The van der Waals surface area contributed by atoms with Crippen LogP contribution in [0.15, 0.2) is 0 Å². The van der Waals surface area contributed by atoms with Crippen LogP contribution in [0.3, 0.4) is 0 Å². The molecule has 11 nitrogen and oxygen atoms in total. The number of hydrogen-bond acceptors (Lipinski definition) is 8. The number of aliphatic hydroxyl groups excluding tert-OH is 2. The van der Waals surface area contributed by atoms with Crippen molar-refractivity contribution in [1.82, 2.24) is 16.0 Å². The molecule has 0 bridgehead atoms. The number of carboxylic acids is 1. The van der Waals surface area contributed by atoms with Crippen LogP contribution >= 0.6 is 12.6 Å². The summed E-state index contributed by atoms with van der Waals surface area (Å²) in [7, 11) is 0. The quantitative estimate of drug-likeness (QED) is 0.155. The van der Waals surface area contributed by atoms with Crippen LogP contribution in [0.5, 0.6) is 0 Å². The second kappa shape index (κ2) is 12.5. The Morgan fingerprint density at radius 2 is 1.46 bits per heavy atom. The number of aliphatic carboxylic acids is 1. The highest BCUT2D eigenvalue weighted by Crippen LogP contribution is 2.06. The Morgan fingerprint density at radius 3 is 1.86 bits per heavy atom. The first-order valence-electron chi connectivity index (χ1n) is 8.73. The molecule has 0 aliphatic carbocycles. The van der Waals surface area contributed by atoms with Crippen molar-refractivity contribution < 1.29 is 34.5 Å². The Bertz CT molecular complexity index is 559. The molecule has 5 unspecified atom stereocenters. The van der Waals surface area contributed by atoms with Crippen LogP contribution in [0.1, 0.15) is 27.2 Å². The van der Waals surface area contributed by atoms with Crippen molar-refractivity contribution in [3.05, 3.63) is 0 Å². The van der Waals surface area contributed by atoms with Crippen LogP contribution in [0.4, 0.5) is 0 Å². The summed E-state index contributed by atoms with van der Waals surface area (Å²) in [6.07, 6.45) is -1.12. The number of nitrogens with two attached hydrogens (primary N) is 1. The van der Waals surface area contributed by atoms with Crippen LogP contribution in [-0.2, 0) is 19.2 Å². The molecule has 0 saturated heterocycles. The molecule has 0 spiro atoms. The van der Waals surface area contributed by atoms with Gasteiger partial charge in [0.05, 0.1) is 12.7 Å². The normalized spacial score (nSPS) is 16.4. The lowest BCUT2D eigenvalue weighted by atomic mass is 10.0. The summed E-state index contributed by atoms with van der Waals surface area (Å²) in [6.45, 7) is 4.24. The first-order chi connectivity index (χ1) is 12.9. The van der Waals surface area contributed by atoms with Gasteiger partial charge in [0.2, 0.25) is 17.7 Å². The lowest BCUT2D eigenvalue weighted by Crippen LogP contribution is -2.59. The van der Waals surface area contributed by atoms with E-state index in [2.05, 4.69) is 28.6 Å². The van der Waals surface area contributed by atoms with E-state index in [1.165, 1.54) is 6.92 Å². The molecule has 28 heavy (non-hydrogen) atoms. The average Bonchev–Trinajstić information content (AvgIpc) is 2.61. The Hall–Kier alpha value is -1.89. The second-order valence-electron chi connectivity index (χ2n) is 6.79. The van der Waals surface area contributed by atoms with Gasteiger partial charge in [-0.2, -0.15) is 12.6 Å². The van der Waals surface area contributed by atoms with E-state index in [-0.39, 0.29) is 18.1 Å². The monoisotopic (exact) mass is 422 g/mol. The van der Waals surface area contributed by atoms with Crippen LogP contribution in [0.25, 0.3) is 0 Å². The van der Waals surface area contributed by atoms with Gasteiger partial charge in [-0.15, -0.1) is 0 Å². The number of thiol groups is 1. The lowest BCUT2D eigenvalue weighted by Gasteiger charge is -2.25. The molecule has 12 heteroatoms. The van der Waals surface area contributed by atoms with Crippen molar-refractivity contribution in [1.29, 1.82) is 0 Å².